The van der Waals surface area contributed by atoms with Crippen molar-refractivity contribution >= 4 is 28.8 Å². The summed E-state index contributed by atoms with van der Waals surface area (Å²) >= 11 is 7.59. The summed E-state index contributed by atoms with van der Waals surface area (Å²) in [4.78, 5) is 14.4. The molecule has 1 amide bonds. The molecule has 1 aromatic carbocycles. The average molecular weight is 350 g/mol. The molecule has 3 nitrogen and oxygen atoms in total. The molecule has 0 N–H and O–H groups in total. The van der Waals surface area contributed by atoms with E-state index in [1.807, 2.05) is 16.8 Å². The molecule has 0 radical (unpaired) electrons. The number of halogens is 2. The Balaban J connectivity index is 1.88. The Morgan fingerprint density at radius 2 is 2.13 bits per heavy atom. The third kappa shape index (κ3) is 3.81. The standard InChI is InChI=1S/C17H13ClFNO2S/c18-16-8-13(19)3-4-15(16)17(21)20(9-12-5-7-23-11-12)10-14-2-1-6-22-14/h1-8,11H,9-10H2. The van der Waals surface area contributed by atoms with E-state index >= 15 is 0 Å². The van der Waals surface area contributed by atoms with Crippen LogP contribution in [0.1, 0.15) is 21.7 Å². The van der Waals surface area contributed by atoms with Gasteiger partial charge in [0.1, 0.15) is 11.6 Å². The molecule has 0 aliphatic carbocycles. The predicted molar refractivity (Wildman–Crippen MR) is 88.0 cm³/mol. The first kappa shape index (κ1) is 15.8. The average Bonchev–Trinajstić information content (AvgIpc) is 3.19. The molecule has 0 unspecified atom stereocenters. The van der Waals surface area contributed by atoms with Gasteiger partial charge in [-0.25, -0.2) is 4.39 Å². The molecule has 2 aromatic heterocycles. The minimum Gasteiger partial charge on any atom is -0.467 e. The zero-order chi connectivity index (χ0) is 16.2. The molecular formula is C17H13ClFNO2S. The summed E-state index contributed by atoms with van der Waals surface area (Å²) in [5.74, 6) is -0.0635. The maximum absolute atomic E-state index is 13.2. The number of carbonyl (C=O) groups excluding carboxylic acids is 1. The van der Waals surface area contributed by atoms with Crippen LogP contribution in [0.5, 0.6) is 0 Å². The first-order valence-electron chi connectivity index (χ1n) is 6.91. The molecule has 0 saturated carbocycles. The number of hydrogen-bond donors (Lipinski definition) is 0. The molecule has 6 heteroatoms. The van der Waals surface area contributed by atoms with Gasteiger partial charge >= 0.3 is 0 Å². The fourth-order valence-corrected chi connectivity index (χ4v) is 3.13. The van der Waals surface area contributed by atoms with Gasteiger partial charge in [0, 0.05) is 6.54 Å². The van der Waals surface area contributed by atoms with E-state index in [2.05, 4.69) is 0 Å². The Labute approximate surface area is 141 Å². The summed E-state index contributed by atoms with van der Waals surface area (Å²) in [6, 6.07) is 9.31. The number of amides is 1. The second-order valence-electron chi connectivity index (χ2n) is 5.00. The molecule has 0 spiro atoms. The normalized spacial score (nSPS) is 10.7. The number of carbonyl (C=O) groups is 1. The van der Waals surface area contributed by atoms with Gasteiger partial charge in [-0.05, 0) is 52.7 Å². The number of furan rings is 1. The van der Waals surface area contributed by atoms with Gasteiger partial charge < -0.3 is 9.32 Å². The number of rotatable bonds is 5. The van der Waals surface area contributed by atoms with Crippen molar-refractivity contribution in [3.8, 4) is 0 Å². The van der Waals surface area contributed by atoms with Gasteiger partial charge in [0.25, 0.3) is 5.91 Å². The lowest BCUT2D eigenvalue weighted by Gasteiger charge is -2.22. The van der Waals surface area contributed by atoms with Gasteiger partial charge in [-0.3, -0.25) is 4.79 Å². The van der Waals surface area contributed by atoms with E-state index in [-0.39, 0.29) is 16.5 Å². The lowest BCUT2D eigenvalue weighted by atomic mass is 10.1. The molecule has 0 atom stereocenters. The number of thiophene rings is 1. The van der Waals surface area contributed by atoms with Gasteiger partial charge in [0.05, 0.1) is 23.4 Å². The smallest absolute Gasteiger partial charge is 0.256 e. The van der Waals surface area contributed by atoms with E-state index in [1.54, 1.807) is 34.6 Å². The van der Waals surface area contributed by atoms with Crippen molar-refractivity contribution in [2.75, 3.05) is 0 Å². The van der Waals surface area contributed by atoms with Crippen molar-refractivity contribution in [2.24, 2.45) is 0 Å². The summed E-state index contributed by atoms with van der Waals surface area (Å²) in [6.07, 6.45) is 1.56. The highest BCUT2D eigenvalue weighted by molar-refractivity contribution is 7.07. The lowest BCUT2D eigenvalue weighted by molar-refractivity contribution is 0.0718. The summed E-state index contributed by atoms with van der Waals surface area (Å²) in [5.41, 5.74) is 1.29. The molecule has 0 saturated heterocycles. The maximum Gasteiger partial charge on any atom is 0.256 e. The zero-order valence-corrected chi connectivity index (χ0v) is 13.6. The van der Waals surface area contributed by atoms with Crippen molar-refractivity contribution in [1.29, 1.82) is 0 Å². The van der Waals surface area contributed by atoms with Crippen LogP contribution in [0.25, 0.3) is 0 Å². The van der Waals surface area contributed by atoms with Crippen LogP contribution in [0.15, 0.2) is 57.8 Å². The van der Waals surface area contributed by atoms with E-state index < -0.39 is 5.82 Å². The van der Waals surface area contributed by atoms with Crippen LogP contribution < -0.4 is 0 Å². The van der Waals surface area contributed by atoms with Crippen molar-refractivity contribution < 1.29 is 13.6 Å². The molecule has 2 heterocycles. The van der Waals surface area contributed by atoms with Crippen LogP contribution in [-0.2, 0) is 13.1 Å². The summed E-state index contributed by atoms with van der Waals surface area (Å²) in [7, 11) is 0. The molecule has 0 aliphatic rings. The molecule has 3 aromatic rings. The molecular weight excluding hydrogens is 337 g/mol. The van der Waals surface area contributed by atoms with Crippen molar-refractivity contribution in [3.63, 3.8) is 0 Å². The van der Waals surface area contributed by atoms with Gasteiger partial charge in [-0.15, -0.1) is 0 Å². The van der Waals surface area contributed by atoms with Crippen molar-refractivity contribution in [1.82, 2.24) is 4.90 Å². The minimum atomic E-state index is -0.470. The maximum atomic E-state index is 13.2. The lowest BCUT2D eigenvalue weighted by Crippen LogP contribution is -2.30. The highest BCUT2D eigenvalue weighted by atomic mass is 35.5. The predicted octanol–water partition coefficient (Wildman–Crippen LogP) is 4.98. The summed E-state index contributed by atoms with van der Waals surface area (Å²) in [5, 5.41) is 4.04. The topological polar surface area (TPSA) is 33.5 Å². The second kappa shape index (κ2) is 6.98. The Hall–Kier alpha value is -2.11. The van der Waals surface area contributed by atoms with E-state index in [0.717, 1.165) is 11.6 Å². The first-order valence-corrected chi connectivity index (χ1v) is 8.23. The van der Waals surface area contributed by atoms with Gasteiger partial charge in [0.15, 0.2) is 0 Å². The quantitative estimate of drug-likeness (QED) is 0.651. The zero-order valence-electron chi connectivity index (χ0n) is 12.0. The van der Waals surface area contributed by atoms with Gasteiger partial charge in [-0.1, -0.05) is 11.6 Å². The Bertz CT molecular complexity index is 751. The highest BCUT2D eigenvalue weighted by Crippen LogP contribution is 2.22. The van der Waals surface area contributed by atoms with Crippen LogP contribution in [0.4, 0.5) is 4.39 Å². The first-order chi connectivity index (χ1) is 11.1. The van der Waals surface area contributed by atoms with Crippen molar-refractivity contribution in [3.05, 3.63) is 81.1 Å². The van der Waals surface area contributed by atoms with E-state index in [9.17, 15) is 9.18 Å². The molecule has 3 rings (SSSR count). The van der Waals surface area contributed by atoms with Crippen molar-refractivity contribution in [2.45, 2.75) is 13.1 Å². The molecule has 0 aliphatic heterocycles. The van der Waals surface area contributed by atoms with E-state index in [4.69, 9.17) is 16.0 Å². The largest absolute Gasteiger partial charge is 0.467 e. The minimum absolute atomic E-state index is 0.102. The Morgan fingerprint density at radius 3 is 2.78 bits per heavy atom. The van der Waals surface area contributed by atoms with Crippen LogP contribution in [0, 0.1) is 5.82 Å². The van der Waals surface area contributed by atoms with Crippen LogP contribution in [0.2, 0.25) is 5.02 Å². The summed E-state index contributed by atoms with van der Waals surface area (Å²) < 4.78 is 18.5. The molecule has 0 bridgehead atoms. The SMILES string of the molecule is O=C(c1ccc(F)cc1Cl)N(Cc1ccsc1)Cc1ccco1. The van der Waals surface area contributed by atoms with Crippen LogP contribution >= 0.6 is 22.9 Å². The van der Waals surface area contributed by atoms with E-state index in [0.29, 0.717) is 18.8 Å². The second-order valence-corrected chi connectivity index (χ2v) is 6.18. The molecule has 118 valence electrons. The monoisotopic (exact) mass is 349 g/mol. The Morgan fingerprint density at radius 1 is 1.26 bits per heavy atom. The fourth-order valence-electron chi connectivity index (χ4n) is 2.23. The fraction of sp³-hybridized carbons (Fsp3) is 0.118. The van der Waals surface area contributed by atoms with Gasteiger partial charge in [0.2, 0.25) is 0 Å². The van der Waals surface area contributed by atoms with Crippen LogP contribution in [-0.4, -0.2) is 10.8 Å². The third-order valence-electron chi connectivity index (χ3n) is 3.33. The Kier molecular flexibility index (Phi) is 4.79. The van der Waals surface area contributed by atoms with Crippen LogP contribution in [0.3, 0.4) is 0 Å². The molecule has 0 fully saturated rings. The molecule has 23 heavy (non-hydrogen) atoms. The summed E-state index contributed by atoms with van der Waals surface area (Å²) in [6.45, 7) is 0.742. The van der Waals surface area contributed by atoms with E-state index in [1.165, 1.54) is 12.1 Å². The number of hydrogen-bond acceptors (Lipinski definition) is 3. The number of benzene rings is 1. The highest BCUT2D eigenvalue weighted by Gasteiger charge is 2.20. The third-order valence-corrected chi connectivity index (χ3v) is 4.37. The van der Waals surface area contributed by atoms with Gasteiger partial charge in [-0.2, -0.15) is 11.3 Å². The number of nitrogens with zero attached hydrogens (tertiary/aromatic N) is 1.